The highest BCUT2D eigenvalue weighted by molar-refractivity contribution is 5.71. The molecule has 0 saturated carbocycles. The van der Waals surface area contributed by atoms with Gasteiger partial charge in [-0.2, -0.15) is 10.1 Å². The molecule has 1 aliphatic rings. The average molecular weight is 474 g/mol. The van der Waals surface area contributed by atoms with Crippen LogP contribution in [0.25, 0.3) is 5.65 Å². The lowest BCUT2D eigenvalue weighted by molar-refractivity contribution is 0.165. The summed E-state index contributed by atoms with van der Waals surface area (Å²) in [7, 11) is 0. The summed E-state index contributed by atoms with van der Waals surface area (Å²) in [6.45, 7) is 9.30. The van der Waals surface area contributed by atoms with Crippen molar-refractivity contribution in [2.45, 2.75) is 52.0 Å². The number of anilines is 3. The molecule has 0 spiro atoms. The second-order valence-electron chi connectivity index (χ2n) is 10.2. The minimum atomic E-state index is -0.189. The molecule has 0 bridgehead atoms. The van der Waals surface area contributed by atoms with Crippen LogP contribution in [0.2, 0.25) is 0 Å². The molecule has 1 aliphatic heterocycles. The second kappa shape index (κ2) is 9.70. The van der Waals surface area contributed by atoms with Crippen molar-refractivity contribution in [3.63, 3.8) is 0 Å². The number of hydrogen-bond donors (Lipinski definition) is 2. The smallest absolute Gasteiger partial charge is 0.247 e. The number of piperidine rings is 1. The number of benzene rings is 1. The molecule has 8 heteroatoms. The van der Waals surface area contributed by atoms with E-state index in [4.69, 9.17) is 4.98 Å². The SMILES string of the molecule is Cc1ccc(C2(CO)CCN(c3cccn4nc(Nc5cnn(CCC(C)C)c5)nc34)CC2)cc1. The van der Waals surface area contributed by atoms with Crippen LogP contribution in [0.3, 0.4) is 0 Å². The molecule has 0 amide bonds. The molecule has 5 rings (SSSR count). The second-order valence-corrected chi connectivity index (χ2v) is 10.2. The maximum absolute atomic E-state index is 10.3. The molecule has 1 aromatic carbocycles. The number of rotatable bonds is 8. The van der Waals surface area contributed by atoms with Gasteiger partial charge in [-0.1, -0.05) is 43.7 Å². The Balaban J connectivity index is 1.31. The van der Waals surface area contributed by atoms with Gasteiger partial charge in [-0.15, -0.1) is 5.10 Å². The van der Waals surface area contributed by atoms with Gasteiger partial charge >= 0.3 is 0 Å². The Morgan fingerprint density at radius 2 is 1.89 bits per heavy atom. The number of nitrogens with one attached hydrogen (secondary N) is 1. The van der Waals surface area contributed by atoms with Gasteiger partial charge in [-0.05, 0) is 49.8 Å². The molecule has 1 saturated heterocycles. The molecule has 184 valence electrons. The van der Waals surface area contributed by atoms with Gasteiger partial charge in [0.2, 0.25) is 5.95 Å². The largest absolute Gasteiger partial charge is 0.395 e. The van der Waals surface area contributed by atoms with Crippen molar-refractivity contribution in [2.24, 2.45) is 5.92 Å². The molecular formula is C27H35N7O. The number of aryl methyl sites for hydroxylation is 2. The van der Waals surface area contributed by atoms with E-state index >= 15 is 0 Å². The maximum Gasteiger partial charge on any atom is 0.247 e. The first kappa shape index (κ1) is 23.4. The lowest BCUT2D eigenvalue weighted by atomic mass is 9.73. The van der Waals surface area contributed by atoms with Crippen LogP contribution in [0.15, 0.2) is 55.0 Å². The van der Waals surface area contributed by atoms with Gasteiger partial charge in [0.05, 0.1) is 24.2 Å². The Hall–Kier alpha value is -3.39. The normalized spacial score (nSPS) is 15.7. The van der Waals surface area contributed by atoms with E-state index in [1.807, 2.05) is 33.9 Å². The summed E-state index contributed by atoms with van der Waals surface area (Å²) in [4.78, 5) is 7.16. The van der Waals surface area contributed by atoms with Crippen molar-refractivity contribution in [1.29, 1.82) is 0 Å². The molecule has 0 radical (unpaired) electrons. The summed E-state index contributed by atoms with van der Waals surface area (Å²) in [6.07, 6.45) is 8.62. The van der Waals surface area contributed by atoms with Crippen LogP contribution < -0.4 is 10.2 Å². The van der Waals surface area contributed by atoms with Crippen molar-refractivity contribution in [1.82, 2.24) is 24.4 Å². The minimum Gasteiger partial charge on any atom is -0.395 e. The summed E-state index contributed by atoms with van der Waals surface area (Å²) >= 11 is 0. The van der Waals surface area contributed by atoms with E-state index in [0.717, 1.165) is 55.9 Å². The van der Waals surface area contributed by atoms with E-state index < -0.39 is 0 Å². The first-order valence-electron chi connectivity index (χ1n) is 12.5. The zero-order valence-corrected chi connectivity index (χ0v) is 20.9. The Bertz CT molecular complexity index is 1270. The summed E-state index contributed by atoms with van der Waals surface area (Å²) in [5.41, 5.74) is 5.06. The van der Waals surface area contributed by atoms with Crippen molar-refractivity contribution >= 4 is 23.0 Å². The Kier molecular flexibility index (Phi) is 6.47. The van der Waals surface area contributed by atoms with Crippen LogP contribution >= 0.6 is 0 Å². The fourth-order valence-electron chi connectivity index (χ4n) is 4.88. The fourth-order valence-corrected chi connectivity index (χ4v) is 4.88. The van der Waals surface area contributed by atoms with Crippen molar-refractivity contribution < 1.29 is 5.11 Å². The average Bonchev–Trinajstić information content (AvgIpc) is 3.49. The summed E-state index contributed by atoms with van der Waals surface area (Å²) in [5.74, 6) is 1.20. The van der Waals surface area contributed by atoms with Gasteiger partial charge in [0.25, 0.3) is 0 Å². The fraction of sp³-hybridized carbons (Fsp3) is 0.444. The molecule has 4 heterocycles. The molecule has 0 unspecified atom stereocenters. The quantitative estimate of drug-likeness (QED) is 0.391. The standard InChI is InChI=1S/C27H35N7O/c1-20(2)10-14-33-18-23(17-28-33)29-26-30-25-24(5-4-13-34(25)31-26)32-15-11-27(19-35,12-16-32)22-8-6-21(3)7-9-22/h4-9,13,17-18,20,35H,10-12,14-16,19H2,1-3H3,(H,29,31). The molecule has 3 aromatic heterocycles. The van der Waals surface area contributed by atoms with Gasteiger partial charge in [-0.3, -0.25) is 4.68 Å². The lowest BCUT2D eigenvalue weighted by Gasteiger charge is -2.42. The molecule has 0 atom stereocenters. The lowest BCUT2D eigenvalue weighted by Crippen LogP contribution is -2.45. The highest BCUT2D eigenvalue weighted by atomic mass is 16.3. The molecule has 0 aliphatic carbocycles. The highest BCUT2D eigenvalue weighted by Crippen LogP contribution is 2.37. The van der Waals surface area contributed by atoms with Crippen LogP contribution in [-0.4, -0.2) is 49.2 Å². The first-order chi connectivity index (χ1) is 17.0. The zero-order chi connectivity index (χ0) is 24.4. The Morgan fingerprint density at radius 1 is 1.11 bits per heavy atom. The topological polar surface area (TPSA) is 83.5 Å². The van der Waals surface area contributed by atoms with Gasteiger partial charge in [0.1, 0.15) is 0 Å². The summed E-state index contributed by atoms with van der Waals surface area (Å²) < 4.78 is 3.79. The Morgan fingerprint density at radius 3 is 2.60 bits per heavy atom. The van der Waals surface area contributed by atoms with Gasteiger partial charge in [-0.25, -0.2) is 4.52 Å². The third-order valence-corrected chi connectivity index (χ3v) is 7.19. The number of pyridine rings is 1. The van der Waals surface area contributed by atoms with Gasteiger partial charge < -0.3 is 15.3 Å². The van der Waals surface area contributed by atoms with Crippen LogP contribution in [0.1, 0.15) is 44.2 Å². The number of aliphatic hydroxyl groups is 1. The van der Waals surface area contributed by atoms with E-state index in [9.17, 15) is 5.11 Å². The first-order valence-corrected chi connectivity index (χ1v) is 12.5. The van der Waals surface area contributed by atoms with E-state index in [1.165, 1.54) is 11.1 Å². The molecule has 1 fully saturated rings. The number of aromatic nitrogens is 5. The predicted molar refractivity (Wildman–Crippen MR) is 139 cm³/mol. The molecule has 4 aromatic rings. The Labute approximate surface area is 206 Å². The molecule has 35 heavy (non-hydrogen) atoms. The van der Waals surface area contributed by atoms with Crippen LogP contribution in [0.5, 0.6) is 0 Å². The number of fused-ring (bicyclic) bond motifs is 1. The highest BCUT2D eigenvalue weighted by Gasteiger charge is 2.36. The van der Waals surface area contributed by atoms with E-state index in [0.29, 0.717) is 11.9 Å². The zero-order valence-electron chi connectivity index (χ0n) is 20.9. The number of hydrogen-bond acceptors (Lipinski definition) is 6. The van der Waals surface area contributed by atoms with Crippen LogP contribution in [0.4, 0.5) is 17.3 Å². The van der Waals surface area contributed by atoms with Gasteiger partial charge in [0.15, 0.2) is 5.65 Å². The van der Waals surface area contributed by atoms with E-state index in [-0.39, 0.29) is 12.0 Å². The van der Waals surface area contributed by atoms with Crippen LogP contribution in [-0.2, 0) is 12.0 Å². The molecular weight excluding hydrogens is 438 g/mol. The monoisotopic (exact) mass is 473 g/mol. The van der Waals surface area contributed by atoms with E-state index in [2.05, 4.69) is 71.5 Å². The summed E-state index contributed by atoms with van der Waals surface area (Å²) in [6, 6.07) is 12.7. The maximum atomic E-state index is 10.3. The summed E-state index contributed by atoms with van der Waals surface area (Å²) in [5, 5.41) is 22.7. The van der Waals surface area contributed by atoms with Crippen molar-refractivity contribution in [3.05, 3.63) is 66.1 Å². The molecule has 8 nitrogen and oxygen atoms in total. The van der Waals surface area contributed by atoms with Crippen molar-refractivity contribution in [2.75, 3.05) is 29.9 Å². The van der Waals surface area contributed by atoms with Gasteiger partial charge in [0, 0.05) is 37.4 Å². The van der Waals surface area contributed by atoms with Crippen LogP contribution in [0, 0.1) is 12.8 Å². The number of aliphatic hydroxyl groups excluding tert-OH is 1. The van der Waals surface area contributed by atoms with E-state index in [1.54, 1.807) is 0 Å². The third-order valence-electron chi connectivity index (χ3n) is 7.19. The molecule has 2 N–H and O–H groups in total. The number of nitrogens with zero attached hydrogens (tertiary/aromatic N) is 6. The third kappa shape index (κ3) is 4.89. The minimum absolute atomic E-state index is 0.165. The predicted octanol–water partition coefficient (Wildman–Crippen LogP) is 4.55. The van der Waals surface area contributed by atoms with Crippen molar-refractivity contribution in [3.8, 4) is 0 Å².